The molecule has 1 N–H and O–H groups in total. The van der Waals surface area contributed by atoms with E-state index in [0.29, 0.717) is 17.9 Å². The molecule has 1 saturated heterocycles. The number of carboxylic acid groups (broad SMARTS) is 1. The van der Waals surface area contributed by atoms with Crippen LogP contribution in [0.15, 0.2) is 28.9 Å². The lowest BCUT2D eigenvalue weighted by molar-refractivity contribution is -0.131. The van der Waals surface area contributed by atoms with Crippen molar-refractivity contribution in [1.29, 1.82) is 0 Å². The largest absolute Gasteiger partial charge is 0.478 e. The summed E-state index contributed by atoms with van der Waals surface area (Å²) in [4.78, 5) is 25.3. The molecule has 24 heavy (non-hydrogen) atoms. The van der Waals surface area contributed by atoms with Crippen molar-refractivity contribution in [2.75, 3.05) is 13.1 Å². The van der Waals surface area contributed by atoms with Gasteiger partial charge in [0.1, 0.15) is 11.4 Å². The van der Waals surface area contributed by atoms with Gasteiger partial charge in [0.2, 0.25) is 5.91 Å². The topological polar surface area (TPSA) is 96.5 Å². The van der Waals surface area contributed by atoms with Crippen LogP contribution in [-0.4, -0.2) is 45.3 Å². The Bertz CT molecular complexity index is 739. The van der Waals surface area contributed by atoms with Gasteiger partial charge < -0.3 is 10.0 Å². The monoisotopic (exact) mass is 329 g/mol. The highest BCUT2D eigenvalue weighted by molar-refractivity contribution is 5.87. The van der Waals surface area contributed by atoms with Gasteiger partial charge in [0.05, 0.1) is 12.0 Å². The predicted molar refractivity (Wildman–Crippen MR) is 84.7 cm³/mol. The van der Waals surface area contributed by atoms with Gasteiger partial charge in [-0.2, -0.15) is 0 Å². The van der Waals surface area contributed by atoms with E-state index in [-0.39, 0.29) is 23.8 Å². The van der Waals surface area contributed by atoms with Crippen molar-refractivity contribution < 1.29 is 19.3 Å². The standard InChI is InChI=1S/C17H19N3O4/c1-11-15(19-24-18-11)9-16(21)20-8-2-3-14(10-20)12-4-6-13(7-5-12)17(22)23/h4-7,14H,2-3,8-10H2,1H3,(H,22,23)/t14-/m1/s1. The van der Waals surface area contributed by atoms with E-state index in [9.17, 15) is 9.59 Å². The van der Waals surface area contributed by atoms with Crippen molar-refractivity contribution >= 4 is 11.9 Å². The molecule has 7 nitrogen and oxygen atoms in total. The minimum absolute atomic E-state index is 0.0145. The Morgan fingerprint density at radius 3 is 2.67 bits per heavy atom. The lowest BCUT2D eigenvalue weighted by atomic mass is 9.90. The summed E-state index contributed by atoms with van der Waals surface area (Å²) in [5, 5.41) is 16.4. The highest BCUT2D eigenvalue weighted by atomic mass is 16.6. The Hall–Kier alpha value is -2.70. The first kappa shape index (κ1) is 16.2. The number of rotatable bonds is 4. The van der Waals surface area contributed by atoms with E-state index in [1.54, 1.807) is 19.1 Å². The number of carbonyl (C=O) groups excluding carboxylic acids is 1. The second-order valence-corrected chi connectivity index (χ2v) is 6.08. The van der Waals surface area contributed by atoms with Gasteiger partial charge in [-0.1, -0.05) is 22.4 Å². The van der Waals surface area contributed by atoms with Gasteiger partial charge in [0, 0.05) is 19.0 Å². The first-order valence-electron chi connectivity index (χ1n) is 7.93. The summed E-state index contributed by atoms with van der Waals surface area (Å²) in [6, 6.07) is 6.91. The third kappa shape index (κ3) is 3.45. The normalized spacial score (nSPS) is 17.7. The van der Waals surface area contributed by atoms with Gasteiger partial charge in [0.15, 0.2) is 0 Å². The molecule has 3 rings (SSSR count). The molecule has 1 atom stereocenters. The number of piperidine rings is 1. The van der Waals surface area contributed by atoms with Crippen LogP contribution in [0.1, 0.15) is 46.1 Å². The van der Waals surface area contributed by atoms with Crippen LogP contribution >= 0.6 is 0 Å². The predicted octanol–water partition coefficient (Wildman–Crippen LogP) is 2.02. The molecular formula is C17H19N3O4. The average molecular weight is 329 g/mol. The zero-order valence-corrected chi connectivity index (χ0v) is 13.4. The van der Waals surface area contributed by atoms with Crippen molar-refractivity contribution in [3.05, 3.63) is 46.8 Å². The number of aromatic nitrogens is 2. The van der Waals surface area contributed by atoms with Crippen LogP contribution in [0.3, 0.4) is 0 Å². The fraction of sp³-hybridized carbons (Fsp3) is 0.412. The number of hydrogen-bond donors (Lipinski definition) is 1. The van der Waals surface area contributed by atoms with Crippen LogP contribution < -0.4 is 0 Å². The van der Waals surface area contributed by atoms with E-state index in [4.69, 9.17) is 5.11 Å². The van der Waals surface area contributed by atoms with Gasteiger partial charge in [-0.15, -0.1) is 0 Å². The van der Waals surface area contributed by atoms with Crippen LogP contribution in [0.5, 0.6) is 0 Å². The molecule has 1 aromatic heterocycles. The van der Waals surface area contributed by atoms with E-state index >= 15 is 0 Å². The molecule has 2 heterocycles. The van der Waals surface area contributed by atoms with Gasteiger partial charge >= 0.3 is 5.97 Å². The number of benzene rings is 1. The first-order chi connectivity index (χ1) is 11.5. The van der Waals surface area contributed by atoms with Crippen LogP contribution in [0, 0.1) is 6.92 Å². The van der Waals surface area contributed by atoms with Crippen molar-refractivity contribution in [3.8, 4) is 0 Å². The fourth-order valence-corrected chi connectivity index (χ4v) is 3.04. The van der Waals surface area contributed by atoms with Crippen molar-refractivity contribution in [2.45, 2.75) is 32.1 Å². The summed E-state index contributed by atoms with van der Waals surface area (Å²) in [7, 11) is 0. The molecule has 1 aliphatic heterocycles. The molecule has 0 spiro atoms. The Balaban J connectivity index is 1.66. The molecule has 0 saturated carbocycles. The third-order valence-electron chi connectivity index (χ3n) is 4.47. The number of nitrogens with zero attached hydrogens (tertiary/aromatic N) is 3. The number of likely N-dealkylation sites (tertiary alicyclic amines) is 1. The van der Waals surface area contributed by atoms with E-state index in [1.165, 1.54) is 0 Å². The van der Waals surface area contributed by atoms with Crippen LogP contribution in [0.2, 0.25) is 0 Å². The molecule has 1 amide bonds. The van der Waals surface area contributed by atoms with Gasteiger partial charge in [-0.3, -0.25) is 4.79 Å². The zero-order chi connectivity index (χ0) is 17.1. The van der Waals surface area contributed by atoms with Gasteiger partial charge in [-0.05, 0) is 37.5 Å². The summed E-state index contributed by atoms with van der Waals surface area (Å²) in [5.41, 5.74) is 2.56. The van der Waals surface area contributed by atoms with E-state index < -0.39 is 5.97 Å². The summed E-state index contributed by atoms with van der Waals surface area (Å²) >= 11 is 0. The smallest absolute Gasteiger partial charge is 0.335 e. The molecular weight excluding hydrogens is 310 g/mol. The number of carboxylic acids is 1. The summed E-state index contributed by atoms with van der Waals surface area (Å²) in [5.74, 6) is -0.693. The van der Waals surface area contributed by atoms with Gasteiger partial charge in [-0.25, -0.2) is 9.42 Å². The number of hydrogen-bond acceptors (Lipinski definition) is 5. The Morgan fingerprint density at radius 2 is 2.04 bits per heavy atom. The highest BCUT2D eigenvalue weighted by Gasteiger charge is 2.26. The van der Waals surface area contributed by atoms with Gasteiger partial charge in [0.25, 0.3) is 0 Å². The molecule has 1 fully saturated rings. The minimum Gasteiger partial charge on any atom is -0.478 e. The second-order valence-electron chi connectivity index (χ2n) is 6.08. The number of amides is 1. The molecule has 1 aromatic carbocycles. The minimum atomic E-state index is -0.932. The number of aryl methyl sites for hydroxylation is 1. The maximum atomic E-state index is 12.5. The maximum Gasteiger partial charge on any atom is 0.335 e. The Morgan fingerprint density at radius 1 is 1.29 bits per heavy atom. The Kier molecular flexibility index (Phi) is 4.59. The lowest BCUT2D eigenvalue weighted by Gasteiger charge is -2.33. The molecule has 0 unspecified atom stereocenters. The molecule has 0 radical (unpaired) electrons. The van der Waals surface area contributed by atoms with E-state index in [0.717, 1.165) is 24.9 Å². The fourth-order valence-electron chi connectivity index (χ4n) is 3.04. The molecule has 7 heteroatoms. The SMILES string of the molecule is Cc1nonc1CC(=O)N1CCC[C@@H](c2ccc(C(=O)O)cc2)C1. The van der Waals surface area contributed by atoms with Crippen molar-refractivity contribution in [3.63, 3.8) is 0 Å². The molecule has 2 aromatic rings. The highest BCUT2D eigenvalue weighted by Crippen LogP contribution is 2.27. The molecule has 1 aliphatic rings. The van der Waals surface area contributed by atoms with Crippen LogP contribution in [-0.2, 0) is 11.2 Å². The molecule has 0 bridgehead atoms. The molecule has 126 valence electrons. The van der Waals surface area contributed by atoms with Crippen molar-refractivity contribution in [2.24, 2.45) is 0 Å². The third-order valence-corrected chi connectivity index (χ3v) is 4.47. The van der Waals surface area contributed by atoms with E-state index in [1.807, 2.05) is 17.0 Å². The van der Waals surface area contributed by atoms with E-state index in [2.05, 4.69) is 14.9 Å². The lowest BCUT2D eigenvalue weighted by Crippen LogP contribution is -2.40. The summed E-state index contributed by atoms with van der Waals surface area (Å²) in [6.07, 6.45) is 2.11. The first-order valence-corrected chi connectivity index (χ1v) is 7.93. The average Bonchev–Trinajstić information content (AvgIpc) is 3.00. The molecule has 0 aliphatic carbocycles. The maximum absolute atomic E-state index is 12.5. The zero-order valence-electron chi connectivity index (χ0n) is 13.4. The second kappa shape index (κ2) is 6.82. The number of carbonyl (C=O) groups is 2. The number of aromatic carboxylic acids is 1. The van der Waals surface area contributed by atoms with Crippen molar-refractivity contribution in [1.82, 2.24) is 15.2 Å². The Labute approximate surface area is 139 Å². The summed E-state index contributed by atoms with van der Waals surface area (Å²) in [6.45, 7) is 3.13. The quantitative estimate of drug-likeness (QED) is 0.922. The van der Waals surface area contributed by atoms with Crippen LogP contribution in [0.4, 0.5) is 0 Å². The summed E-state index contributed by atoms with van der Waals surface area (Å²) < 4.78 is 4.64. The van der Waals surface area contributed by atoms with Crippen LogP contribution in [0.25, 0.3) is 0 Å².